The summed E-state index contributed by atoms with van der Waals surface area (Å²) in [4.78, 5) is 20.7. The SMILES string of the molecule is CC(C)CN1CCOC(CNC(=O)C2CCN(c3ncc(C(F)(F)F)cc3Cl)CC2)C1. The molecule has 1 N–H and O–H groups in total. The van der Waals surface area contributed by atoms with E-state index in [1.54, 1.807) is 0 Å². The Balaban J connectivity index is 1.46. The Morgan fingerprint density at radius 3 is 2.65 bits per heavy atom. The number of ether oxygens (including phenoxy) is 1. The van der Waals surface area contributed by atoms with Gasteiger partial charge < -0.3 is 15.0 Å². The standard InChI is InChI=1S/C21H30ClF3N4O2/c1-14(2)12-28-7-8-31-17(13-28)11-27-20(30)15-3-5-29(6-4-15)19-18(22)9-16(10-26-19)21(23,24)25/h9-10,14-15,17H,3-8,11-13H2,1-2H3,(H,27,30). The highest BCUT2D eigenvalue weighted by atomic mass is 35.5. The molecule has 3 rings (SSSR count). The van der Waals surface area contributed by atoms with Crippen molar-refractivity contribution in [1.29, 1.82) is 0 Å². The Hall–Kier alpha value is -1.58. The van der Waals surface area contributed by atoms with Gasteiger partial charge in [0.1, 0.15) is 5.82 Å². The molecule has 1 unspecified atom stereocenters. The lowest BCUT2D eigenvalue weighted by Gasteiger charge is -2.35. The Morgan fingerprint density at radius 1 is 1.32 bits per heavy atom. The number of anilines is 1. The van der Waals surface area contributed by atoms with Crippen LogP contribution in [0.25, 0.3) is 0 Å². The quantitative estimate of drug-likeness (QED) is 0.701. The molecule has 1 aromatic heterocycles. The van der Waals surface area contributed by atoms with Crippen molar-refractivity contribution >= 4 is 23.3 Å². The number of aromatic nitrogens is 1. The number of alkyl halides is 3. The van der Waals surface area contributed by atoms with Crippen LogP contribution in [0.3, 0.4) is 0 Å². The molecule has 0 spiro atoms. The summed E-state index contributed by atoms with van der Waals surface area (Å²) in [6.45, 7) is 9.31. The van der Waals surface area contributed by atoms with Crippen LogP contribution in [0.5, 0.6) is 0 Å². The van der Waals surface area contributed by atoms with Gasteiger partial charge in [0.15, 0.2) is 0 Å². The minimum absolute atomic E-state index is 0.00397. The number of pyridine rings is 1. The van der Waals surface area contributed by atoms with E-state index in [2.05, 4.69) is 29.0 Å². The van der Waals surface area contributed by atoms with E-state index in [1.165, 1.54) is 0 Å². The van der Waals surface area contributed by atoms with Crippen LogP contribution in [0.4, 0.5) is 19.0 Å². The highest BCUT2D eigenvalue weighted by Gasteiger charge is 2.33. The van der Waals surface area contributed by atoms with Gasteiger partial charge in [-0.1, -0.05) is 25.4 Å². The molecule has 174 valence electrons. The predicted octanol–water partition coefficient (Wildman–Crippen LogP) is 3.44. The van der Waals surface area contributed by atoms with Crippen LogP contribution in [0.15, 0.2) is 12.3 Å². The average Bonchev–Trinajstić information content (AvgIpc) is 2.71. The molecule has 0 radical (unpaired) electrons. The first-order valence-electron chi connectivity index (χ1n) is 10.7. The van der Waals surface area contributed by atoms with Crippen LogP contribution in [0, 0.1) is 11.8 Å². The van der Waals surface area contributed by atoms with Gasteiger partial charge in [0.05, 0.1) is 23.3 Å². The first kappa shape index (κ1) is 24.1. The summed E-state index contributed by atoms with van der Waals surface area (Å²) in [5.74, 6) is 0.774. The van der Waals surface area contributed by atoms with E-state index < -0.39 is 11.7 Å². The van der Waals surface area contributed by atoms with E-state index >= 15 is 0 Å². The summed E-state index contributed by atoms with van der Waals surface area (Å²) < 4.78 is 44.2. The Bertz CT molecular complexity index is 755. The van der Waals surface area contributed by atoms with Gasteiger partial charge >= 0.3 is 6.18 Å². The fourth-order valence-electron chi connectivity index (χ4n) is 4.12. The van der Waals surface area contributed by atoms with Crippen molar-refractivity contribution in [3.05, 3.63) is 22.8 Å². The fourth-order valence-corrected chi connectivity index (χ4v) is 4.40. The molecule has 2 aliphatic heterocycles. The van der Waals surface area contributed by atoms with Crippen LogP contribution in [0.1, 0.15) is 32.3 Å². The molecule has 2 aliphatic rings. The van der Waals surface area contributed by atoms with E-state index in [1.807, 2.05) is 4.90 Å². The first-order valence-corrected chi connectivity index (χ1v) is 11.1. The van der Waals surface area contributed by atoms with Gasteiger partial charge in [-0.2, -0.15) is 13.2 Å². The third-order valence-corrected chi connectivity index (χ3v) is 5.94. The Labute approximate surface area is 186 Å². The molecule has 0 aliphatic carbocycles. The zero-order valence-corrected chi connectivity index (χ0v) is 18.7. The molecule has 0 bridgehead atoms. The molecule has 2 saturated heterocycles. The monoisotopic (exact) mass is 462 g/mol. The molecule has 0 saturated carbocycles. The molecule has 1 atom stereocenters. The minimum atomic E-state index is -4.48. The van der Waals surface area contributed by atoms with Crippen LogP contribution in [0.2, 0.25) is 5.02 Å². The highest BCUT2D eigenvalue weighted by Crippen LogP contribution is 2.34. The lowest BCUT2D eigenvalue weighted by atomic mass is 9.95. The summed E-state index contributed by atoms with van der Waals surface area (Å²) in [5, 5.41) is 2.98. The van der Waals surface area contributed by atoms with Crippen LogP contribution in [-0.4, -0.2) is 67.8 Å². The number of rotatable bonds is 6. The second kappa shape index (κ2) is 10.4. The molecule has 3 heterocycles. The third-order valence-electron chi connectivity index (χ3n) is 5.66. The summed E-state index contributed by atoms with van der Waals surface area (Å²) in [6, 6.07) is 0.898. The van der Waals surface area contributed by atoms with E-state index in [-0.39, 0.29) is 23.0 Å². The maximum absolute atomic E-state index is 12.8. The summed E-state index contributed by atoms with van der Waals surface area (Å²) in [5.41, 5.74) is -0.868. The van der Waals surface area contributed by atoms with Crippen molar-refractivity contribution in [3.63, 3.8) is 0 Å². The molecule has 31 heavy (non-hydrogen) atoms. The van der Waals surface area contributed by atoms with Gasteiger partial charge in [-0.05, 0) is 24.8 Å². The zero-order valence-electron chi connectivity index (χ0n) is 17.9. The second-order valence-corrected chi connectivity index (χ2v) is 9.09. The minimum Gasteiger partial charge on any atom is -0.374 e. The molecular weight excluding hydrogens is 433 g/mol. The topological polar surface area (TPSA) is 57.7 Å². The smallest absolute Gasteiger partial charge is 0.374 e. The van der Waals surface area contributed by atoms with Gasteiger partial charge in [-0.25, -0.2) is 4.98 Å². The largest absolute Gasteiger partial charge is 0.417 e. The fraction of sp³-hybridized carbons (Fsp3) is 0.714. The summed E-state index contributed by atoms with van der Waals surface area (Å²) in [6.07, 6.45) is -2.50. The van der Waals surface area contributed by atoms with Gasteiger partial charge in [0.25, 0.3) is 0 Å². The molecule has 1 aromatic rings. The van der Waals surface area contributed by atoms with Crippen molar-refractivity contribution < 1.29 is 22.7 Å². The third kappa shape index (κ3) is 6.70. The van der Waals surface area contributed by atoms with Crippen molar-refractivity contribution in [2.24, 2.45) is 11.8 Å². The molecule has 6 nitrogen and oxygen atoms in total. The van der Waals surface area contributed by atoms with E-state index in [9.17, 15) is 18.0 Å². The second-order valence-electron chi connectivity index (χ2n) is 8.68. The number of morpholine rings is 1. The van der Waals surface area contributed by atoms with Crippen molar-refractivity contribution in [1.82, 2.24) is 15.2 Å². The maximum atomic E-state index is 12.8. The molecule has 2 fully saturated rings. The highest BCUT2D eigenvalue weighted by molar-refractivity contribution is 6.33. The van der Waals surface area contributed by atoms with Crippen LogP contribution >= 0.6 is 11.6 Å². The average molecular weight is 463 g/mol. The van der Waals surface area contributed by atoms with Gasteiger partial charge in [0.2, 0.25) is 5.91 Å². The van der Waals surface area contributed by atoms with E-state index in [0.29, 0.717) is 50.8 Å². The van der Waals surface area contributed by atoms with Gasteiger partial charge in [0, 0.05) is 51.4 Å². The number of carbonyl (C=O) groups excluding carboxylic acids is 1. The summed E-state index contributed by atoms with van der Waals surface area (Å²) >= 11 is 6.05. The zero-order chi connectivity index (χ0) is 22.6. The first-order chi connectivity index (χ1) is 14.6. The van der Waals surface area contributed by atoms with Crippen molar-refractivity contribution in [3.8, 4) is 0 Å². The number of amides is 1. The van der Waals surface area contributed by atoms with Gasteiger partial charge in [-0.15, -0.1) is 0 Å². The number of nitrogens with one attached hydrogen (secondary N) is 1. The van der Waals surface area contributed by atoms with Crippen LogP contribution < -0.4 is 10.2 Å². The van der Waals surface area contributed by atoms with Crippen molar-refractivity contribution in [2.75, 3.05) is 50.8 Å². The lowest BCUT2D eigenvalue weighted by Crippen LogP contribution is -2.49. The number of hydrogen-bond donors (Lipinski definition) is 1. The van der Waals surface area contributed by atoms with Crippen molar-refractivity contribution in [2.45, 2.75) is 39.0 Å². The van der Waals surface area contributed by atoms with Gasteiger partial charge in [-0.3, -0.25) is 9.69 Å². The predicted molar refractivity (Wildman–Crippen MR) is 113 cm³/mol. The number of halogens is 4. The summed E-state index contributed by atoms with van der Waals surface area (Å²) in [7, 11) is 0. The number of hydrogen-bond acceptors (Lipinski definition) is 5. The molecule has 10 heteroatoms. The molecular formula is C21H30ClF3N4O2. The number of piperidine rings is 1. The van der Waals surface area contributed by atoms with E-state index in [4.69, 9.17) is 16.3 Å². The van der Waals surface area contributed by atoms with Crippen LogP contribution in [-0.2, 0) is 15.7 Å². The maximum Gasteiger partial charge on any atom is 0.417 e. The van der Waals surface area contributed by atoms with E-state index in [0.717, 1.165) is 31.9 Å². The number of carbonyl (C=O) groups is 1. The Kier molecular flexibility index (Phi) is 8.04. The normalized spacial score (nSPS) is 21.5. The molecule has 1 amide bonds. The Morgan fingerprint density at radius 2 is 2.03 bits per heavy atom. The number of nitrogens with zero attached hydrogens (tertiary/aromatic N) is 3. The lowest BCUT2D eigenvalue weighted by molar-refractivity contribution is -0.137. The molecule has 0 aromatic carbocycles.